The van der Waals surface area contributed by atoms with Crippen LogP contribution in [0, 0.1) is 0 Å². The molecule has 3 rings (SSSR count). The van der Waals surface area contributed by atoms with Crippen molar-refractivity contribution >= 4 is 17.4 Å². The summed E-state index contributed by atoms with van der Waals surface area (Å²) in [6.45, 7) is 6.95. The molecule has 2 aromatic carbocycles. The number of hydrogen-bond acceptors (Lipinski definition) is 6. The molecule has 0 saturated carbocycles. The molecule has 1 atom stereocenters. The van der Waals surface area contributed by atoms with Gasteiger partial charge in [0, 0.05) is 25.8 Å². The van der Waals surface area contributed by atoms with Crippen LogP contribution < -0.4 is 9.47 Å². The first-order chi connectivity index (χ1) is 15.9. The molecule has 1 fully saturated rings. The molecule has 1 saturated heterocycles. The van der Waals surface area contributed by atoms with Gasteiger partial charge < -0.3 is 24.2 Å². The molecule has 0 bridgehead atoms. The summed E-state index contributed by atoms with van der Waals surface area (Å²) in [5, 5.41) is 11.2. The predicted molar refractivity (Wildman–Crippen MR) is 125 cm³/mol. The average molecular weight is 454 g/mol. The third-order valence-electron chi connectivity index (χ3n) is 5.25. The number of aliphatic hydroxyl groups excluding tert-OH is 1. The summed E-state index contributed by atoms with van der Waals surface area (Å²) in [5.74, 6) is -0.395. The molecule has 0 radical (unpaired) electrons. The molecule has 33 heavy (non-hydrogen) atoms. The first-order valence-electron chi connectivity index (χ1n) is 11.1. The lowest BCUT2D eigenvalue weighted by atomic mass is 9.95. The van der Waals surface area contributed by atoms with Crippen LogP contribution in [0.1, 0.15) is 44.4 Å². The van der Waals surface area contributed by atoms with Crippen molar-refractivity contribution in [3.8, 4) is 11.5 Å². The summed E-state index contributed by atoms with van der Waals surface area (Å²) < 4.78 is 16.5. The predicted octanol–water partition coefficient (Wildman–Crippen LogP) is 4.33. The minimum absolute atomic E-state index is 0.0328. The monoisotopic (exact) mass is 453 g/mol. The summed E-state index contributed by atoms with van der Waals surface area (Å²) in [4.78, 5) is 27.6. The maximum Gasteiger partial charge on any atom is 0.295 e. The second-order valence-corrected chi connectivity index (χ2v) is 8.04. The van der Waals surface area contributed by atoms with Crippen LogP contribution in [-0.2, 0) is 14.3 Å². The van der Waals surface area contributed by atoms with Gasteiger partial charge in [0.2, 0.25) is 0 Å². The normalized spacial score (nSPS) is 17.6. The standard InChI is InChI=1S/C26H31NO6/c1-5-32-20-11-7-10-19(16-20)24(28)22-23(18-9-6-12-21(15-18)33-17(2)3)27(13-8-14-31-4)26(30)25(22)29/h6-7,9-12,15-17,23,28H,5,8,13-14H2,1-4H3/b24-22-. The lowest BCUT2D eigenvalue weighted by molar-refractivity contribution is -0.140. The van der Waals surface area contributed by atoms with Crippen LogP contribution in [0.15, 0.2) is 54.1 Å². The van der Waals surface area contributed by atoms with Crippen LogP contribution in [0.2, 0.25) is 0 Å². The van der Waals surface area contributed by atoms with E-state index in [1.807, 2.05) is 45.0 Å². The number of benzene rings is 2. The molecular formula is C26H31NO6. The van der Waals surface area contributed by atoms with E-state index in [0.29, 0.717) is 48.8 Å². The number of nitrogens with zero attached hydrogens (tertiary/aromatic N) is 1. The third-order valence-corrected chi connectivity index (χ3v) is 5.25. The maximum absolute atomic E-state index is 13.1. The molecule has 0 spiro atoms. The highest BCUT2D eigenvalue weighted by molar-refractivity contribution is 6.46. The molecule has 1 aliphatic rings. The van der Waals surface area contributed by atoms with E-state index in [9.17, 15) is 14.7 Å². The molecule has 1 N–H and O–H groups in total. The Morgan fingerprint density at radius 2 is 1.82 bits per heavy atom. The van der Waals surface area contributed by atoms with Crippen molar-refractivity contribution in [1.29, 1.82) is 0 Å². The zero-order chi connectivity index (χ0) is 24.0. The minimum atomic E-state index is -0.742. The third kappa shape index (κ3) is 5.54. The second kappa shape index (κ2) is 11.0. The molecule has 0 aliphatic carbocycles. The summed E-state index contributed by atoms with van der Waals surface area (Å²) in [7, 11) is 1.59. The largest absolute Gasteiger partial charge is 0.507 e. The van der Waals surface area contributed by atoms with Crippen LogP contribution in [0.3, 0.4) is 0 Å². The SMILES string of the molecule is CCOc1cccc(/C(O)=C2/C(=O)C(=O)N(CCCOC)C2c2cccc(OC(C)C)c2)c1. The Labute approximate surface area is 194 Å². The van der Waals surface area contributed by atoms with E-state index in [1.165, 1.54) is 4.90 Å². The van der Waals surface area contributed by atoms with Crippen LogP contribution in [0.25, 0.3) is 5.76 Å². The summed E-state index contributed by atoms with van der Waals surface area (Å²) >= 11 is 0. The number of methoxy groups -OCH3 is 1. The Morgan fingerprint density at radius 1 is 1.09 bits per heavy atom. The van der Waals surface area contributed by atoms with E-state index in [-0.39, 0.29) is 17.4 Å². The molecule has 0 aromatic heterocycles. The molecule has 176 valence electrons. The number of amides is 1. The maximum atomic E-state index is 13.1. The van der Waals surface area contributed by atoms with Gasteiger partial charge in [0.15, 0.2) is 0 Å². The van der Waals surface area contributed by atoms with Gasteiger partial charge in [-0.1, -0.05) is 24.3 Å². The van der Waals surface area contributed by atoms with E-state index in [1.54, 1.807) is 31.4 Å². The summed E-state index contributed by atoms with van der Waals surface area (Å²) in [5.41, 5.74) is 1.15. The van der Waals surface area contributed by atoms with E-state index in [2.05, 4.69) is 0 Å². The number of Topliss-reactive ketones (excluding diaryl/α,β-unsaturated/α-hetero) is 1. The highest BCUT2D eigenvalue weighted by Gasteiger charge is 2.45. The Hall–Kier alpha value is -3.32. The van der Waals surface area contributed by atoms with Gasteiger partial charge in [-0.3, -0.25) is 9.59 Å². The van der Waals surface area contributed by atoms with Gasteiger partial charge in [-0.15, -0.1) is 0 Å². The average Bonchev–Trinajstić information content (AvgIpc) is 3.04. The number of rotatable bonds is 10. The van der Waals surface area contributed by atoms with Gasteiger partial charge in [-0.05, 0) is 57.0 Å². The Morgan fingerprint density at radius 3 is 2.52 bits per heavy atom. The number of carbonyl (C=O) groups excluding carboxylic acids is 2. The zero-order valence-electron chi connectivity index (χ0n) is 19.5. The molecule has 1 amide bonds. The van der Waals surface area contributed by atoms with Gasteiger partial charge in [-0.2, -0.15) is 0 Å². The second-order valence-electron chi connectivity index (χ2n) is 8.04. The molecule has 1 aliphatic heterocycles. The number of ether oxygens (including phenoxy) is 3. The van der Waals surface area contributed by atoms with Crippen molar-refractivity contribution in [2.45, 2.75) is 39.3 Å². The van der Waals surface area contributed by atoms with Crippen LogP contribution in [0.5, 0.6) is 11.5 Å². The smallest absolute Gasteiger partial charge is 0.295 e. The first-order valence-corrected chi connectivity index (χ1v) is 11.1. The fourth-order valence-electron chi connectivity index (χ4n) is 3.92. The highest BCUT2D eigenvalue weighted by Crippen LogP contribution is 2.40. The molecule has 7 nitrogen and oxygen atoms in total. The van der Waals surface area contributed by atoms with Crippen molar-refractivity contribution < 1.29 is 28.9 Å². The number of ketones is 1. The van der Waals surface area contributed by atoms with Crippen molar-refractivity contribution in [2.75, 3.05) is 26.9 Å². The first kappa shape index (κ1) is 24.3. The van der Waals surface area contributed by atoms with Gasteiger partial charge in [0.1, 0.15) is 17.3 Å². The fourth-order valence-corrected chi connectivity index (χ4v) is 3.92. The Bertz CT molecular complexity index is 1030. The Kier molecular flexibility index (Phi) is 8.11. The summed E-state index contributed by atoms with van der Waals surface area (Å²) in [6.07, 6.45) is 0.525. The van der Waals surface area contributed by atoms with Crippen LogP contribution in [0.4, 0.5) is 0 Å². The lowest BCUT2D eigenvalue weighted by Gasteiger charge is -2.26. The molecule has 1 heterocycles. The van der Waals surface area contributed by atoms with E-state index in [0.717, 1.165) is 0 Å². The van der Waals surface area contributed by atoms with Gasteiger partial charge in [0.05, 0.1) is 24.3 Å². The highest BCUT2D eigenvalue weighted by atomic mass is 16.5. The zero-order valence-corrected chi connectivity index (χ0v) is 19.5. The van der Waals surface area contributed by atoms with Crippen molar-refractivity contribution in [2.24, 2.45) is 0 Å². The lowest BCUT2D eigenvalue weighted by Crippen LogP contribution is -2.31. The number of carbonyl (C=O) groups is 2. The van der Waals surface area contributed by atoms with E-state index in [4.69, 9.17) is 14.2 Å². The molecule has 2 aromatic rings. The van der Waals surface area contributed by atoms with Crippen LogP contribution >= 0.6 is 0 Å². The van der Waals surface area contributed by atoms with Crippen LogP contribution in [-0.4, -0.2) is 54.7 Å². The van der Waals surface area contributed by atoms with Crippen molar-refractivity contribution in [3.63, 3.8) is 0 Å². The fraction of sp³-hybridized carbons (Fsp3) is 0.385. The van der Waals surface area contributed by atoms with Gasteiger partial charge in [0.25, 0.3) is 11.7 Å². The Balaban J connectivity index is 2.12. The van der Waals surface area contributed by atoms with Crippen molar-refractivity contribution in [3.05, 3.63) is 65.2 Å². The quantitative estimate of drug-likeness (QED) is 0.249. The minimum Gasteiger partial charge on any atom is -0.507 e. The number of likely N-dealkylation sites (tertiary alicyclic amines) is 1. The topological polar surface area (TPSA) is 85.3 Å². The van der Waals surface area contributed by atoms with Gasteiger partial charge in [-0.25, -0.2) is 0 Å². The number of aliphatic hydroxyl groups is 1. The summed E-state index contributed by atoms with van der Waals surface area (Å²) in [6, 6.07) is 13.4. The van der Waals surface area contributed by atoms with E-state index < -0.39 is 17.7 Å². The molecular weight excluding hydrogens is 422 g/mol. The van der Waals surface area contributed by atoms with E-state index >= 15 is 0 Å². The molecule has 1 unspecified atom stereocenters. The van der Waals surface area contributed by atoms with Crippen molar-refractivity contribution in [1.82, 2.24) is 4.90 Å². The number of hydrogen-bond donors (Lipinski definition) is 1. The van der Waals surface area contributed by atoms with Gasteiger partial charge >= 0.3 is 0 Å². The molecule has 7 heteroatoms.